The second-order valence-corrected chi connectivity index (χ2v) is 8.17. The summed E-state index contributed by atoms with van der Waals surface area (Å²) in [5.74, 6) is 2.09. The largest absolute Gasteiger partial charge is 0.439 e. The van der Waals surface area contributed by atoms with E-state index in [1.165, 1.54) is 16.0 Å². The number of nitrogens with zero attached hydrogens (tertiary/aromatic N) is 3. The number of ether oxygens (including phenoxy) is 1. The van der Waals surface area contributed by atoms with Crippen LogP contribution < -0.4 is 15.4 Å². The van der Waals surface area contributed by atoms with E-state index < -0.39 is 0 Å². The predicted molar refractivity (Wildman–Crippen MR) is 119 cm³/mol. The Morgan fingerprint density at radius 2 is 1.83 bits per heavy atom. The summed E-state index contributed by atoms with van der Waals surface area (Å²) in [4.78, 5) is 14.4. The highest BCUT2D eigenvalue weighted by Crippen LogP contribution is 2.22. The van der Waals surface area contributed by atoms with Crippen molar-refractivity contribution in [1.82, 2.24) is 20.6 Å². The van der Waals surface area contributed by atoms with Crippen molar-refractivity contribution in [2.45, 2.75) is 40.8 Å². The highest BCUT2D eigenvalue weighted by molar-refractivity contribution is 7.11. The molecule has 3 rings (SSSR count). The van der Waals surface area contributed by atoms with Gasteiger partial charge in [-0.15, -0.1) is 11.3 Å². The molecule has 0 atom stereocenters. The zero-order valence-corrected chi connectivity index (χ0v) is 18.4. The molecule has 0 saturated carbocycles. The lowest BCUT2D eigenvalue weighted by molar-refractivity contribution is 0.461. The Morgan fingerprint density at radius 3 is 2.52 bits per heavy atom. The fourth-order valence-corrected chi connectivity index (χ4v) is 3.57. The lowest BCUT2D eigenvalue weighted by Crippen LogP contribution is -2.36. The zero-order chi connectivity index (χ0) is 20.8. The second-order valence-electron chi connectivity index (χ2n) is 6.88. The third-order valence-corrected chi connectivity index (χ3v) is 5.74. The second kappa shape index (κ2) is 9.52. The van der Waals surface area contributed by atoms with Crippen LogP contribution in [0.5, 0.6) is 11.6 Å². The van der Waals surface area contributed by atoms with Crippen molar-refractivity contribution in [2.24, 2.45) is 4.99 Å². The number of aryl methyl sites for hydroxylation is 4. The predicted octanol–water partition coefficient (Wildman–Crippen LogP) is 4.43. The normalized spacial score (nSPS) is 11.4. The number of pyridine rings is 1. The van der Waals surface area contributed by atoms with Crippen molar-refractivity contribution >= 4 is 17.3 Å². The van der Waals surface area contributed by atoms with Gasteiger partial charge in [-0.1, -0.05) is 6.07 Å². The molecule has 0 radical (unpaired) electrons. The summed E-state index contributed by atoms with van der Waals surface area (Å²) in [6, 6.07) is 9.93. The molecular formula is C22H27N5OS. The first-order chi connectivity index (χ1) is 13.9. The van der Waals surface area contributed by atoms with Crippen LogP contribution in [0.2, 0.25) is 0 Å². The molecule has 152 valence electrons. The Bertz CT molecular complexity index is 993. The van der Waals surface area contributed by atoms with Crippen LogP contribution >= 0.6 is 11.3 Å². The molecule has 0 aliphatic rings. The van der Waals surface area contributed by atoms with Crippen molar-refractivity contribution in [3.63, 3.8) is 0 Å². The number of benzene rings is 1. The lowest BCUT2D eigenvalue weighted by atomic mass is 10.1. The van der Waals surface area contributed by atoms with Gasteiger partial charge in [0.2, 0.25) is 5.88 Å². The Hall–Kier alpha value is -2.93. The van der Waals surface area contributed by atoms with Gasteiger partial charge in [-0.25, -0.2) is 9.97 Å². The summed E-state index contributed by atoms with van der Waals surface area (Å²) in [6.45, 7) is 9.54. The Balaban J connectivity index is 1.56. The average molecular weight is 410 g/mol. The van der Waals surface area contributed by atoms with Crippen LogP contribution in [-0.2, 0) is 13.1 Å². The van der Waals surface area contributed by atoms with E-state index in [-0.39, 0.29) is 0 Å². The van der Waals surface area contributed by atoms with Crippen LogP contribution in [0.15, 0.2) is 41.5 Å². The third kappa shape index (κ3) is 5.77. The molecule has 7 heteroatoms. The van der Waals surface area contributed by atoms with Gasteiger partial charge in [0.15, 0.2) is 5.96 Å². The van der Waals surface area contributed by atoms with E-state index in [0.717, 1.165) is 28.0 Å². The number of aromatic nitrogens is 2. The van der Waals surface area contributed by atoms with E-state index in [2.05, 4.69) is 52.4 Å². The average Bonchev–Trinajstić information content (AvgIpc) is 3.03. The fraction of sp³-hybridized carbons (Fsp3) is 0.318. The Morgan fingerprint density at radius 1 is 1.03 bits per heavy atom. The van der Waals surface area contributed by atoms with Gasteiger partial charge in [0, 0.05) is 30.7 Å². The maximum absolute atomic E-state index is 5.92. The molecule has 29 heavy (non-hydrogen) atoms. The smallest absolute Gasteiger partial charge is 0.219 e. The van der Waals surface area contributed by atoms with Crippen molar-refractivity contribution in [1.29, 1.82) is 0 Å². The van der Waals surface area contributed by atoms with E-state index >= 15 is 0 Å². The van der Waals surface area contributed by atoms with Crippen LogP contribution in [0, 0.1) is 27.7 Å². The van der Waals surface area contributed by atoms with Crippen LogP contribution in [0.1, 0.15) is 32.3 Å². The third-order valence-electron chi connectivity index (χ3n) is 4.66. The molecule has 0 spiro atoms. The summed E-state index contributed by atoms with van der Waals surface area (Å²) >= 11 is 1.70. The molecular weight excluding hydrogens is 382 g/mol. The van der Waals surface area contributed by atoms with Gasteiger partial charge in [0.1, 0.15) is 10.8 Å². The number of nitrogens with one attached hydrogen (secondary N) is 2. The molecule has 0 aliphatic heterocycles. The standard InChI is InChI=1S/C22H27N5OS/c1-14-6-7-19(10-15(14)2)28-20-11-18(8-9-24-20)12-25-22(23-5)26-13-21-27-16(3)17(4)29-21/h6-11H,12-13H2,1-5H3,(H2,23,25,26). The van der Waals surface area contributed by atoms with Gasteiger partial charge in [-0.2, -0.15) is 0 Å². The van der Waals surface area contributed by atoms with Gasteiger partial charge in [-0.05, 0) is 62.6 Å². The number of hydrogen-bond acceptors (Lipinski definition) is 5. The van der Waals surface area contributed by atoms with Crippen LogP contribution in [0.3, 0.4) is 0 Å². The fourth-order valence-electron chi connectivity index (χ4n) is 2.69. The van der Waals surface area contributed by atoms with E-state index in [1.54, 1.807) is 24.6 Å². The van der Waals surface area contributed by atoms with Gasteiger partial charge >= 0.3 is 0 Å². The molecule has 0 amide bonds. The minimum atomic E-state index is 0.573. The van der Waals surface area contributed by atoms with Gasteiger partial charge < -0.3 is 15.4 Å². The lowest BCUT2D eigenvalue weighted by Gasteiger charge is -2.12. The van der Waals surface area contributed by atoms with Crippen LogP contribution in [-0.4, -0.2) is 23.0 Å². The highest BCUT2D eigenvalue weighted by Gasteiger charge is 2.06. The minimum Gasteiger partial charge on any atom is -0.439 e. The summed E-state index contributed by atoms with van der Waals surface area (Å²) in [5.41, 5.74) is 4.58. The number of hydrogen-bond donors (Lipinski definition) is 2. The van der Waals surface area contributed by atoms with Gasteiger partial charge in [0.05, 0.1) is 12.2 Å². The maximum atomic E-state index is 5.92. The first-order valence-electron chi connectivity index (χ1n) is 9.52. The first kappa shape index (κ1) is 20.8. The van der Waals surface area contributed by atoms with Crippen molar-refractivity contribution in [3.8, 4) is 11.6 Å². The number of aliphatic imine (C=N–C) groups is 1. The molecule has 1 aromatic carbocycles. The highest BCUT2D eigenvalue weighted by atomic mass is 32.1. The topological polar surface area (TPSA) is 71.4 Å². The number of guanidine groups is 1. The van der Waals surface area contributed by atoms with Crippen LogP contribution in [0.4, 0.5) is 0 Å². The molecule has 0 bridgehead atoms. The molecule has 2 aromatic heterocycles. The Labute approximate surface area is 176 Å². The molecule has 2 N–H and O–H groups in total. The molecule has 2 heterocycles. The number of thiazole rings is 1. The zero-order valence-electron chi connectivity index (χ0n) is 17.5. The minimum absolute atomic E-state index is 0.573. The van der Waals surface area contributed by atoms with Crippen molar-refractivity contribution in [3.05, 3.63) is 68.8 Å². The molecule has 0 fully saturated rings. The van der Waals surface area contributed by atoms with Crippen LogP contribution in [0.25, 0.3) is 0 Å². The SMILES string of the molecule is CN=C(NCc1ccnc(Oc2ccc(C)c(C)c2)c1)NCc1nc(C)c(C)s1. The van der Waals surface area contributed by atoms with E-state index in [4.69, 9.17) is 4.74 Å². The maximum Gasteiger partial charge on any atom is 0.219 e. The molecule has 0 unspecified atom stereocenters. The molecule has 0 aliphatic carbocycles. The quantitative estimate of drug-likeness (QED) is 0.465. The molecule has 3 aromatic rings. The van der Waals surface area contributed by atoms with Crippen molar-refractivity contribution in [2.75, 3.05) is 7.05 Å². The van der Waals surface area contributed by atoms with Gasteiger partial charge in [-0.3, -0.25) is 4.99 Å². The molecule has 0 saturated heterocycles. The summed E-state index contributed by atoms with van der Waals surface area (Å²) < 4.78 is 5.92. The summed E-state index contributed by atoms with van der Waals surface area (Å²) in [7, 11) is 1.76. The van der Waals surface area contributed by atoms with E-state index in [9.17, 15) is 0 Å². The molecule has 6 nitrogen and oxygen atoms in total. The van der Waals surface area contributed by atoms with E-state index in [0.29, 0.717) is 19.0 Å². The number of rotatable bonds is 6. The van der Waals surface area contributed by atoms with Crippen molar-refractivity contribution < 1.29 is 4.74 Å². The summed E-state index contributed by atoms with van der Waals surface area (Å²) in [5, 5.41) is 7.67. The summed E-state index contributed by atoms with van der Waals surface area (Å²) in [6.07, 6.45) is 1.75. The Kier molecular flexibility index (Phi) is 6.82. The monoisotopic (exact) mass is 409 g/mol. The van der Waals surface area contributed by atoms with E-state index in [1.807, 2.05) is 31.2 Å². The van der Waals surface area contributed by atoms with Gasteiger partial charge in [0.25, 0.3) is 0 Å². The first-order valence-corrected chi connectivity index (χ1v) is 10.3.